The maximum absolute atomic E-state index is 12.1. The van der Waals surface area contributed by atoms with E-state index in [1.807, 2.05) is 13.8 Å². The highest BCUT2D eigenvalue weighted by atomic mass is 16.5. The number of carbonyl (C=O) groups excluding carboxylic acids is 1. The molecule has 1 aliphatic rings. The minimum atomic E-state index is -0.900. The van der Waals surface area contributed by atoms with Gasteiger partial charge in [0.05, 0.1) is 19.1 Å². The molecule has 0 aromatic carbocycles. The van der Waals surface area contributed by atoms with Gasteiger partial charge in [-0.05, 0) is 20.4 Å². The molecule has 1 saturated heterocycles. The molecule has 1 fully saturated rings. The van der Waals surface area contributed by atoms with Crippen LogP contribution in [0.25, 0.3) is 0 Å². The Labute approximate surface area is 126 Å². The highest BCUT2D eigenvalue weighted by Gasteiger charge is 2.22. The summed E-state index contributed by atoms with van der Waals surface area (Å²) >= 11 is 0. The van der Waals surface area contributed by atoms with Crippen molar-refractivity contribution in [2.75, 3.05) is 39.3 Å². The maximum Gasteiger partial charge on any atom is 0.317 e. The van der Waals surface area contributed by atoms with Crippen molar-refractivity contribution in [1.82, 2.24) is 15.1 Å². The van der Waals surface area contributed by atoms with Crippen molar-refractivity contribution < 1.29 is 19.4 Å². The Morgan fingerprint density at radius 1 is 1.48 bits per heavy atom. The lowest BCUT2D eigenvalue weighted by molar-refractivity contribution is -0.137. The summed E-state index contributed by atoms with van der Waals surface area (Å²) in [6.07, 6.45) is -0.0501. The van der Waals surface area contributed by atoms with E-state index in [2.05, 4.69) is 17.1 Å². The molecular formula is C14H27N3O4. The number of amides is 2. The van der Waals surface area contributed by atoms with Gasteiger partial charge in [0.15, 0.2) is 0 Å². The number of morpholine rings is 1. The second kappa shape index (κ2) is 8.84. The fourth-order valence-electron chi connectivity index (χ4n) is 2.30. The van der Waals surface area contributed by atoms with Crippen LogP contribution in [0.1, 0.15) is 27.2 Å². The first-order valence-corrected chi connectivity index (χ1v) is 7.54. The number of likely N-dealkylation sites (N-methyl/N-ethyl adjacent to an activating group) is 1. The smallest absolute Gasteiger partial charge is 0.317 e. The fourth-order valence-corrected chi connectivity index (χ4v) is 2.30. The summed E-state index contributed by atoms with van der Waals surface area (Å²) in [5.74, 6) is -0.900. The van der Waals surface area contributed by atoms with Gasteiger partial charge in [-0.1, -0.05) is 6.92 Å². The topological polar surface area (TPSA) is 82.1 Å². The first kappa shape index (κ1) is 17.7. The molecule has 122 valence electrons. The van der Waals surface area contributed by atoms with Gasteiger partial charge in [-0.15, -0.1) is 0 Å². The van der Waals surface area contributed by atoms with Crippen molar-refractivity contribution in [3.63, 3.8) is 0 Å². The highest BCUT2D eigenvalue weighted by molar-refractivity contribution is 5.75. The van der Waals surface area contributed by atoms with E-state index in [4.69, 9.17) is 9.84 Å². The number of hydrogen-bond acceptors (Lipinski definition) is 4. The van der Waals surface area contributed by atoms with E-state index in [-0.39, 0.29) is 31.1 Å². The number of hydrogen-bond donors (Lipinski definition) is 2. The van der Waals surface area contributed by atoms with Crippen LogP contribution in [0.3, 0.4) is 0 Å². The van der Waals surface area contributed by atoms with Crippen LogP contribution >= 0.6 is 0 Å². The van der Waals surface area contributed by atoms with Gasteiger partial charge < -0.3 is 20.1 Å². The predicted molar refractivity (Wildman–Crippen MR) is 79.3 cm³/mol. The predicted octanol–water partition coefficient (Wildman–Crippen LogP) is 0.602. The third-order valence-electron chi connectivity index (χ3n) is 3.60. The van der Waals surface area contributed by atoms with Crippen molar-refractivity contribution in [1.29, 1.82) is 0 Å². The number of ether oxygens (including phenoxy) is 1. The lowest BCUT2D eigenvalue weighted by Crippen LogP contribution is -2.51. The summed E-state index contributed by atoms with van der Waals surface area (Å²) in [5.41, 5.74) is 0. The number of urea groups is 1. The van der Waals surface area contributed by atoms with Crippen LogP contribution in [0.4, 0.5) is 4.79 Å². The quantitative estimate of drug-likeness (QED) is 0.719. The van der Waals surface area contributed by atoms with Crippen LogP contribution in [0.2, 0.25) is 0 Å². The SMILES string of the molecule is CCN1CCOC(CNC(=O)N(CCC(=O)O)C(C)C)C1. The highest BCUT2D eigenvalue weighted by Crippen LogP contribution is 2.05. The summed E-state index contributed by atoms with van der Waals surface area (Å²) in [7, 11) is 0. The molecule has 0 spiro atoms. The third kappa shape index (κ3) is 6.31. The van der Waals surface area contributed by atoms with Gasteiger partial charge in [-0.2, -0.15) is 0 Å². The van der Waals surface area contributed by atoms with Crippen LogP contribution < -0.4 is 5.32 Å². The monoisotopic (exact) mass is 301 g/mol. The zero-order valence-electron chi connectivity index (χ0n) is 13.2. The fraction of sp³-hybridized carbons (Fsp3) is 0.857. The molecule has 1 atom stereocenters. The van der Waals surface area contributed by atoms with Gasteiger partial charge in [0.2, 0.25) is 0 Å². The molecule has 1 unspecified atom stereocenters. The lowest BCUT2D eigenvalue weighted by atomic mass is 10.2. The Morgan fingerprint density at radius 3 is 2.76 bits per heavy atom. The van der Waals surface area contributed by atoms with Crippen LogP contribution in [0, 0.1) is 0 Å². The first-order valence-electron chi connectivity index (χ1n) is 7.54. The van der Waals surface area contributed by atoms with Gasteiger partial charge in [0.1, 0.15) is 0 Å². The van der Waals surface area contributed by atoms with Gasteiger partial charge in [0, 0.05) is 32.2 Å². The molecule has 0 saturated carbocycles. The third-order valence-corrected chi connectivity index (χ3v) is 3.60. The van der Waals surface area contributed by atoms with E-state index in [1.54, 1.807) is 0 Å². The minimum absolute atomic E-state index is 0.00358. The van der Waals surface area contributed by atoms with Crippen LogP contribution in [0.5, 0.6) is 0 Å². The standard InChI is InChI=1S/C14H27N3O4/c1-4-16-7-8-21-12(10-16)9-15-14(20)17(11(2)3)6-5-13(18)19/h11-12H,4-10H2,1-3H3,(H,15,20)(H,18,19). The summed E-state index contributed by atoms with van der Waals surface area (Å²) in [4.78, 5) is 26.6. The van der Waals surface area contributed by atoms with E-state index in [1.165, 1.54) is 4.90 Å². The Bertz CT molecular complexity index is 349. The second-order valence-corrected chi connectivity index (χ2v) is 5.50. The van der Waals surface area contributed by atoms with E-state index in [0.717, 1.165) is 19.6 Å². The largest absolute Gasteiger partial charge is 0.481 e. The first-order chi connectivity index (χ1) is 9.93. The number of nitrogens with one attached hydrogen (secondary N) is 1. The van der Waals surface area contributed by atoms with Crippen molar-refractivity contribution in [3.05, 3.63) is 0 Å². The van der Waals surface area contributed by atoms with Gasteiger partial charge in [0.25, 0.3) is 0 Å². The molecule has 1 aliphatic heterocycles. The van der Waals surface area contributed by atoms with E-state index in [9.17, 15) is 9.59 Å². The van der Waals surface area contributed by atoms with Crippen LogP contribution in [0.15, 0.2) is 0 Å². The van der Waals surface area contributed by atoms with Crippen LogP contribution in [-0.2, 0) is 9.53 Å². The molecule has 0 aliphatic carbocycles. The van der Waals surface area contributed by atoms with E-state index >= 15 is 0 Å². The molecule has 0 aromatic rings. The number of rotatable bonds is 7. The molecule has 1 heterocycles. The van der Waals surface area contributed by atoms with E-state index in [0.29, 0.717) is 13.2 Å². The van der Waals surface area contributed by atoms with Crippen molar-refractivity contribution in [3.8, 4) is 0 Å². The summed E-state index contributed by atoms with van der Waals surface area (Å²) in [6.45, 7) is 9.91. The molecule has 21 heavy (non-hydrogen) atoms. The minimum Gasteiger partial charge on any atom is -0.481 e. The normalized spacial score (nSPS) is 19.5. The Kier molecular flexibility index (Phi) is 7.45. The summed E-state index contributed by atoms with van der Waals surface area (Å²) in [6, 6.07) is -0.271. The number of aliphatic carboxylic acids is 1. The van der Waals surface area contributed by atoms with Gasteiger partial charge in [-0.3, -0.25) is 9.69 Å². The van der Waals surface area contributed by atoms with Gasteiger partial charge >= 0.3 is 12.0 Å². The number of nitrogens with zero attached hydrogens (tertiary/aromatic N) is 2. The second-order valence-electron chi connectivity index (χ2n) is 5.50. The number of carbonyl (C=O) groups is 2. The van der Waals surface area contributed by atoms with E-state index < -0.39 is 5.97 Å². The van der Waals surface area contributed by atoms with Crippen molar-refractivity contribution in [2.24, 2.45) is 0 Å². The lowest BCUT2D eigenvalue weighted by Gasteiger charge is -2.33. The Balaban J connectivity index is 2.40. The summed E-state index contributed by atoms with van der Waals surface area (Å²) in [5, 5.41) is 11.6. The molecular weight excluding hydrogens is 274 g/mol. The average Bonchev–Trinajstić information content (AvgIpc) is 2.44. The zero-order chi connectivity index (χ0) is 15.8. The van der Waals surface area contributed by atoms with Crippen molar-refractivity contribution in [2.45, 2.75) is 39.3 Å². The Morgan fingerprint density at radius 2 is 2.19 bits per heavy atom. The molecule has 1 rings (SSSR count). The summed E-state index contributed by atoms with van der Waals surface area (Å²) < 4.78 is 5.63. The molecule has 0 aromatic heterocycles. The molecule has 2 amide bonds. The van der Waals surface area contributed by atoms with Gasteiger partial charge in [-0.25, -0.2) is 4.79 Å². The molecule has 7 nitrogen and oxygen atoms in total. The number of carboxylic acid groups (broad SMARTS) is 1. The number of carboxylic acids is 1. The molecule has 7 heteroatoms. The maximum atomic E-state index is 12.1. The molecule has 2 N–H and O–H groups in total. The average molecular weight is 301 g/mol. The zero-order valence-corrected chi connectivity index (χ0v) is 13.2. The molecule has 0 bridgehead atoms. The Hall–Kier alpha value is -1.34. The van der Waals surface area contributed by atoms with Crippen molar-refractivity contribution >= 4 is 12.0 Å². The van der Waals surface area contributed by atoms with Crippen LogP contribution in [-0.4, -0.2) is 78.4 Å². The molecule has 0 radical (unpaired) electrons.